The maximum Gasteiger partial charge on any atom is 0.270 e. The van der Waals surface area contributed by atoms with Gasteiger partial charge in [-0.15, -0.1) is 0 Å². The lowest BCUT2D eigenvalue weighted by molar-refractivity contribution is -0.384. The van der Waals surface area contributed by atoms with Crippen molar-refractivity contribution < 1.29 is 4.92 Å². The van der Waals surface area contributed by atoms with E-state index < -0.39 is 4.92 Å². The van der Waals surface area contributed by atoms with E-state index >= 15 is 0 Å². The highest BCUT2D eigenvalue weighted by Gasteiger charge is 2.11. The zero-order valence-electron chi connectivity index (χ0n) is 11.2. The molecule has 1 aromatic rings. The summed E-state index contributed by atoms with van der Waals surface area (Å²) in [5.41, 5.74) is 0.927. The second-order valence-electron chi connectivity index (χ2n) is 4.66. The number of nitro benzene ring substituents is 1. The third-order valence-electron chi connectivity index (χ3n) is 3.27. The van der Waals surface area contributed by atoms with Gasteiger partial charge in [0.1, 0.15) is 0 Å². The molecule has 7 heteroatoms. The molecule has 110 valence electrons. The maximum absolute atomic E-state index is 10.6. The summed E-state index contributed by atoms with van der Waals surface area (Å²) >= 11 is 8.05. The number of hydrogen-bond acceptors (Lipinski definition) is 5. The molecule has 0 aliphatic carbocycles. The van der Waals surface area contributed by atoms with Crippen LogP contribution in [-0.4, -0.2) is 47.5 Å². The van der Waals surface area contributed by atoms with Crippen LogP contribution in [-0.2, 0) is 6.54 Å². The summed E-state index contributed by atoms with van der Waals surface area (Å²) in [6.07, 6.45) is 0. The Balaban J connectivity index is 1.74. The van der Waals surface area contributed by atoms with Crippen molar-refractivity contribution in [1.82, 2.24) is 10.2 Å². The molecule has 0 radical (unpaired) electrons. The summed E-state index contributed by atoms with van der Waals surface area (Å²) in [5, 5.41) is 14.4. The van der Waals surface area contributed by atoms with E-state index in [4.69, 9.17) is 11.6 Å². The van der Waals surface area contributed by atoms with Crippen LogP contribution >= 0.6 is 23.4 Å². The Morgan fingerprint density at radius 1 is 1.40 bits per heavy atom. The first-order chi connectivity index (χ1) is 9.66. The molecular weight excluding hydrogens is 298 g/mol. The van der Waals surface area contributed by atoms with Gasteiger partial charge in [0, 0.05) is 56.4 Å². The molecule has 1 aliphatic rings. The Morgan fingerprint density at radius 2 is 2.15 bits per heavy atom. The predicted molar refractivity (Wildman–Crippen MR) is 83.6 cm³/mol. The Morgan fingerprint density at radius 3 is 2.80 bits per heavy atom. The number of hydrogen-bond donors (Lipinski definition) is 1. The van der Waals surface area contributed by atoms with Gasteiger partial charge in [0.25, 0.3) is 5.69 Å². The normalized spacial score (nSPS) is 16.2. The molecule has 1 heterocycles. The first-order valence-electron chi connectivity index (χ1n) is 6.60. The lowest BCUT2D eigenvalue weighted by Gasteiger charge is -2.26. The molecule has 0 saturated carbocycles. The van der Waals surface area contributed by atoms with E-state index in [2.05, 4.69) is 10.2 Å². The van der Waals surface area contributed by atoms with E-state index in [1.54, 1.807) is 6.07 Å². The average Bonchev–Trinajstić information content (AvgIpc) is 2.46. The SMILES string of the molecule is O=[N+]([O-])c1ccc(CNCCN2CCSCC2)c(Cl)c1. The fourth-order valence-corrected chi connectivity index (χ4v) is 3.30. The number of nitrogens with zero attached hydrogens (tertiary/aromatic N) is 2. The van der Waals surface area contributed by atoms with Crippen LogP contribution in [0.25, 0.3) is 0 Å². The van der Waals surface area contributed by atoms with E-state index in [1.165, 1.54) is 23.6 Å². The van der Waals surface area contributed by atoms with Crippen molar-refractivity contribution in [3.8, 4) is 0 Å². The topological polar surface area (TPSA) is 58.4 Å². The molecule has 1 N–H and O–H groups in total. The molecule has 1 fully saturated rings. The van der Waals surface area contributed by atoms with E-state index in [9.17, 15) is 10.1 Å². The third kappa shape index (κ3) is 4.63. The van der Waals surface area contributed by atoms with Crippen LogP contribution in [0, 0.1) is 10.1 Å². The summed E-state index contributed by atoms with van der Waals surface area (Å²) in [7, 11) is 0. The summed E-state index contributed by atoms with van der Waals surface area (Å²) in [5.74, 6) is 2.43. The molecule has 0 atom stereocenters. The van der Waals surface area contributed by atoms with Gasteiger partial charge in [-0.1, -0.05) is 11.6 Å². The Kier molecular flexibility index (Phi) is 6.09. The average molecular weight is 316 g/mol. The fourth-order valence-electron chi connectivity index (χ4n) is 2.08. The van der Waals surface area contributed by atoms with Crippen LogP contribution in [0.3, 0.4) is 0 Å². The molecule has 1 aliphatic heterocycles. The number of thioether (sulfide) groups is 1. The van der Waals surface area contributed by atoms with Crippen molar-refractivity contribution in [1.29, 1.82) is 0 Å². The molecule has 0 aromatic heterocycles. The van der Waals surface area contributed by atoms with Crippen molar-refractivity contribution in [2.24, 2.45) is 0 Å². The van der Waals surface area contributed by atoms with E-state index in [0.29, 0.717) is 11.6 Å². The minimum atomic E-state index is -0.433. The van der Waals surface area contributed by atoms with E-state index in [1.807, 2.05) is 11.8 Å². The van der Waals surface area contributed by atoms with Gasteiger partial charge in [0.15, 0.2) is 0 Å². The highest BCUT2D eigenvalue weighted by Crippen LogP contribution is 2.22. The van der Waals surface area contributed by atoms with Crippen LogP contribution in [0.2, 0.25) is 5.02 Å². The molecule has 2 rings (SSSR count). The number of non-ortho nitro benzene ring substituents is 1. The molecular formula is C13H18ClN3O2S. The van der Waals surface area contributed by atoms with Crippen molar-refractivity contribution in [3.05, 3.63) is 38.9 Å². The van der Waals surface area contributed by atoms with Crippen LogP contribution in [0.15, 0.2) is 18.2 Å². The highest BCUT2D eigenvalue weighted by atomic mass is 35.5. The van der Waals surface area contributed by atoms with Crippen LogP contribution in [0.4, 0.5) is 5.69 Å². The zero-order valence-corrected chi connectivity index (χ0v) is 12.8. The predicted octanol–water partition coefficient (Wildman–Crippen LogP) is 2.39. The van der Waals surface area contributed by atoms with Crippen LogP contribution in [0.1, 0.15) is 5.56 Å². The number of nitro groups is 1. The monoisotopic (exact) mass is 315 g/mol. The molecule has 0 spiro atoms. The Hall–Kier alpha value is -0.820. The lowest BCUT2D eigenvalue weighted by atomic mass is 10.2. The molecule has 1 saturated heterocycles. The molecule has 0 unspecified atom stereocenters. The highest BCUT2D eigenvalue weighted by molar-refractivity contribution is 7.99. The summed E-state index contributed by atoms with van der Waals surface area (Å²) in [6.45, 7) is 4.89. The molecule has 20 heavy (non-hydrogen) atoms. The quantitative estimate of drug-likeness (QED) is 0.496. The second-order valence-corrected chi connectivity index (χ2v) is 6.30. The maximum atomic E-state index is 10.6. The molecule has 0 amide bonds. The van der Waals surface area contributed by atoms with Gasteiger partial charge in [0.05, 0.1) is 9.95 Å². The number of benzene rings is 1. The smallest absolute Gasteiger partial charge is 0.270 e. The number of nitrogens with one attached hydrogen (secondary N) is 1. The van der Waals surface area contributed by atoms with Gasteiger partial charge in [-0.3, -0.25) is 10.1 Å². The number of halogens is 1. The summed E-state index contributed by atoms with van der Waals surface area (Å²) < 4.78 is 0. The Bertz CT molecular complexity index is 467. The summed E-state index contributed by atoms with van der Waals surface area (Å²) in [4.78, 5) is 12.6. The first kappa shape index (κ1) is 15.6. The van der Waals surface area contributed by atoms with Crippen molar-refractivity contribution in [2.45, 2.75) is 6.54 Å². The van der Waals surface area contributed by atoms with Crippen molar-refractivity contribution in [2.75, 3.05) is 37.7 Å². The van der Waals surface area contributed by atoms with Gasteiger partial charge in [-0.2, -0.15) is 11.8 Å². The largest absolute Gasteiger partial charge is 0.311 e. The standard InChI is InChI=1S/C13H18ClN3O2S/c14-13-9-12(17(18)19)2-1-11(13)10-15-3-4-16-5-7-20-8-6-16/h1-2,9,15H,3-8,10H2. The van der Waals surface area contributed by atoms with Gasteiger partial charge in [0.2, 0.25) is 0 Å². The number of rotatable bonds is 6. The first-order valence-corrected chi connectivity index (χ1v) is 8.14. The zero-order chi connectivity index (χ0) is 14.4. The minimum absolute atomic E-state index is 0.0320. The van der Waals surface area contributed by atoms with Gasteiger partial charge in [-0.25, -0.2) is 0 Å². The van der Waals surface area contributed by atoms with E-state index in [0.717, 1.165) is 31.7 Å². The second kappa shape index (κ2) is 7.83. The van der Waals surface area contributed by atoms with Crippen LogP contribution < -0.4 is 5.32 Å². The van der Waals surface area contributed by atoms with Gasteiger partial charge in [-0.05, 0) is 11.6 Å². The van der Waals surface area contributed by atoms with Crippen molar-refractivity contribution >= 4 is 29.1 Å². The minimum Gasteiger partial charge on any atom is -0.311 e. The lowest BCUT2D eigenvalue weighted by Crippen LogP contribution is -2.37. The van der Waals surface area contributed by atoms with Gasteiger partial charge < -0.3 is 10.2 Å². The third-order valence-corrected chi connectivity index (χ3v) is 4.57. The molecule has 5 nitrogen and oxygen atoms in total. The van der Waals surface area contributed by atoms with Crippen molar-refractivity contribution in [3.63, 3.8) is 0 Å². The summed E-state index contributed by atoms with van der Waals surface area (Å²) in [6, 6.07) is 4.61. The van der Waals surface area contributed by atoms with Crippen LogP contribution in [0.5, 0.6) is 0 Å². The van der Waals surface area contributed by atoms with Gasteiger partial charge >= 0.3 is 0 Å². The molecule has 0 bridgehead atoms. The molecule has 1 aromatic carbocycles. The fraction of sp³-hybridized carbons (Fsp3) is 0.538. The van der Waals surface area contributed by atoms with E-state index in [-0.39, 0.29) is 5.69 Å². The Labute approximate surface area is 127 Å².